The van der Waals surface area contributed by atoms with E-state index in [9.17, 15) is 4.79 Å². The van der Waals surface area contributed by atoms with Crippen LogP contribution in [-0.2, 0) is 11.2 Å². The number of aromatic nitrogens is 1. The van der Waals surface area contributed by atoms with Crippen molar-refractivity contribution in [2.45, 2.75) is 17.9 Å². The fourth-order valence-corrected chi connectivity index (χ4v) is 3.19. The van der Waals surface area contributed by atoms with Gasteiger partial charge in [0.15, 0.2) is 0 Å². The summed E-state index contributed by atoms with van der Waals surface area (Å²) in [7, 11) is 0. The average molecular weight is 336 g/mol. The highest BCUT2D eigenvalue weighted by molar-refractivity contribution is 7.99. The third-order valence-electron chi connectivity index (χ3n) is 3.73. The molecular formula is C20H20N2OS. The number of fused-ring (bicyclic) bond motifs is 1. The first kappa shape index (κ1) is 16.5. The number of amides is 1. The number of benzene rings is 2. The Balaban J connectivity index is 1.40. The molecule has 2 aromatic carbocycles. The topological polar surface area (TPSA) is 42.0 Å². The van der Waals surface area contributed by atoms with Gasteiger partial charge in [-0.3, -0.25) is 4.79 Å². The standard InChI is InChI=1S/C20H20N2OS/c23-19(21-14-6-9-16-7-2-1-3-8-16)15-24-20-13-12-17-10-4-5-11-18(17)22-20/h1-5,7-8,10-13H,6,9,14-15H2,(H,21,23). The van der Waals surface area contributed by atoms with Crippen LogP contribution in [0.5, 0.6) is 0 Å². The van der Waals surface area contributed by atoms with Crippen molar-refractivity contribution < 1.29 is 4.79 Å². The summed E-state index contributed by atoms with van der Waals surface area (Å²) in [5.74, 6) is 0.458. The summed E-state index contributed by atoms with van der Waals surface area (Å²) in [5.41, 5.74) is 2.27. The van der Waals surface area contributed by atoms with Crippen molar-refractivity contribution in [2.75, 3.05) is 12.3 Å². The maximum absolute atomic E-state index is 11.9. The van der Waals surface area contributed by atoms with E-state index in [0.29, 0.717) is 12.3 Å². The molecule has 0 fully saturated rings. The number of rotatable bonds is 7. The number of para-hydroxylation sites is 1. The number of nitrogens with zero attached hydrogens (tertiary/aromatic N) is 1. The summed E-state index contributed by atoms with van der Waals surface area (Å²) >= 11 is 1.47. The molecule has 0 aliphatic carbocycles. The summed E-state index contributed by atoms with van der Waals surface area (Å²) in [6, 6.07) is 22.3. The van der Waals surface area contributed by atoms with Crippen LogP contribution in [0.1, 0.15) is 12.0 Å². The molecule has 1 amide bonds. The second-order valence-corrected chi connectivity index (χ2v) is 6.57. The van der Waals surface area contributed by atoms with Crippen LogP contribution in [-0.4, -0.2) is 23.2 Å². The number of aryl methyl sites for hydroxylation is 1. The predicted octanol–water partition coefficient (Wildman–Crippen LogP) is 4.08. The van der Waals surface area contributed by atoms with Crippen molar-refractivity contribution in [3.05, 3.63) is 72.3 Å². The van der Waals surface area contributed by atoms with Crippen LogP contribution < -0.4 is 5.32 Å². The molecule has 0 aliphatic rings. The Labute approximate surface area is 146 Å². The largest absolute Gasteiger partial charge is 0.355 e. The highest BCUT2D eigenvalue weighted by atomic mass is 32.2. The molecule has 0 spiro atoms. The zero-order valence-corrected chi connectivity index (χ0v) is 14.3. The molecule has 3 nitrogen and oxygen atoms in total. The van der Waals surface area contributed by atoms with Gasteiger partial charge in [-0.2, -0.15) is 0 Å². The lowest BCUT2D eigenvalue weighted by molar-refractivity contribution is -0.118. The van der Waals surface area contributed by atoms with Gasteiger partial charge in [0.25, 0.3) is 0 Å². The van der Waals surface area contributed by atoms with E-state index in [0.717, 1.165) is 28.8 Å². The number of pyridine rings is 1. The molecule has 0 radical (unpaired) electrons. The normalized spacial score (nSPS) is 10.7. The third kappa shape index (κ3) is 4.83. The molecule has 4 heteroatoms. The molecule has 24 heavy (non-hydrogen) atoms. The first-order valence-electron chi connectivity index (χ1n) is 8.10. The fraction of sp³-hybridized carbons (Fsp3) is 0.200. The van der Waals surface area contributed by atoms with Gasteiger partial charge < -0.3 is 5.32 Å². The van der Waals surface area contributed by atoms with Crippen LogP contribution in [0.3, 0.4) is 0 Å². The van der Waals surface area contributed by atoms with Gasteiger partial charge in [0.2, 0.25) is 5.91 Å². The summed E-state index contributed by atoms with van der Waals surface area (Å²) in [5, 5.41) is 4.97. The Morgan fingerprint density at radius 3 is 2.62 bits per heavy atom. The lowest BCUT2D eigenvalue weighted by Gasteiger charge is -2.06. The highest BCUT2D eigenvalue weighted by Gasteiger charge is 2.04. The van der Waals surface area contributed by atoms with Crippen LogP contribution in [0.4, 0.5) is 0 Å². The van der Waals surface area contributed by atoms with Gasteiger partial charge in [0, 0.05) is 11.9 Å². The Hall–Kier alpha value is -2.33. The first-order valence-corrected chi connectivity index (χ1v) is 9.09. The van der Waals surface area contributed by atoms with E-state index >= 15 is 0 Å². The lowest BCUT2D eigenvalue weighted by Crippen LogP contribution is -2.26. The first-order chi connectivity index (χ1) is 11.8. The van der Waals surface area contributed by atoms with E-state index in [2.05, 4.69) is 22.4 Å². The van der Waals surface area contributed by atoms with Gasteiger partial charge in [-0.1, -0.05) is 66.4 Å². The molecule has 1 aromatic heterocycles. The monoisotopic (exact) mass is 336 g/mol. The van der Waals surface area contributed by atoms with E-state index in [-0.39, 0.29) is 5.91 Å². The second kappa shape index (κ2) is 8.50. The molecule has 1 heterocycles. The number of hydrogen-bond acceptors (Lipinski definition) is 3. The smallest absolute Gasteiger partial charge is 0.230 e. The van der Waals surface area contributed by atoms with Crippen molar-refractivity contribution in [1.29, 1.82) is 0 Å². The number of carbonyl (C=O) groups excluding carboxylic acids is 1. The number of hydrogen-bond donors (Lipinski definition) is 1. The molecule has 0 bridgehead atoms. The van der Waals surface area contributed by atoms with Crippen molar-refractivity contribution in [3.8, 4) is 0 Å². The van der Waals surface area contributed by atoms with Crippen LogP contribution >= 0.6 is 11.8 Å². The van der Waals surface area contributed by atoms with E-state index in [1.54, 1.807) is 0 Å². The number of thioether (sulfide) groups is 1. The third-order valence-corrected chi connectivity index (χ3v) is 4.66. The van der Waals surface area contributed by atoms with Gasteiger partial charge in [-0.05, 0) is 30.5 Å². The Bertz CT molecular complexity index is 805. The number of nitrogens with one attached hydrogen (secondary N) is 1. The average Bonchev–Trinajstić information content (AvgIpc) is 2.64. The molecular weight excluding hydrogens is 316 g/mol. The van der Waals surface area contributed by atoms with E-state index < -0.39 is 0 Å². The molecule has 0 aliphatic heterocycles. The summed E-state index contributed by atoms with van der Waals surface area (Å²) in [6.07, 6.45) is 1.94. The molecule has 3 aromatic rings. The Morgan fingerprint density at radius 2 is 1.75 bits per heavy atom. The molecule has 0 saturated heterocycles. The summed E-state index contributed by atoms with van der Waals surface area (Å²) < 4.78 is 0. The predicted molar refractivity (Wildman–Crippen MR) is 100 cm³/mol. The molecule has 122 valence electrons. The lowest BCUT2D eigenvalue weighted by atomic mass is 10.1. The summed E-state index contributed by atoms with van der Waals surface area (Å²) in [6.45, 7) is 0.708. The SMILES string of the molecule is O=C(CSc1ccc2ccccc2n1)NCCCc1ccccc1. The molecule has 0 atom stereocenters. The van der Waals surface area contributed by atoms with Crippen molar-refractivity contribution >= 4 is 28.6 Å². The van der Waals surface area contributed by atoms with E-state index in [1.807, 2.05) is 54.6 Å². The second-order valence-electron chi connectivity index (χ2n) is 5.57. The van der Waals surface area contributed by atoms with Crippen LogP contribution in [0.2, 0.25) is 0 Å². The van der Waals surface area contributed by atoms with Crippen LogP contribution in [0.25, 0.3) is 10.9 Å². The van der Waals surface area contributed by atoms with Gasteiger partial charge in [0.05, 0.1) is 16.3 Å². The minimum Gasteiger partial charge on any atom is -0.355 e. The van der Waals surface area contributed by atoms with Gasteiger partial charge >= 0.3 is 0 Å². The molecule has 1 N–H and O–H groups in total. The minimum atomic E-state index is 0.0584. The molecule has 3 rings (SSSR count). The van der Waals surface area contributed by atoms with Gasteiger partial charge in [-0.15, -0.1) is 0 Å². The maximum Gasteiger partial charge on any atom is 0.230 e. The maximum atomic E-state index is 11.9. The Kier molecular flexibility index (Phi) is 5.85. The quantitative estimate of drug-likeness (QED) is 0.522. The van der Waals surface area contributed by atoms with E-state index in [4.69, 9.17) is 0 Å². The summed E-state index contributed by atoms with van der Waals surface area (Å²) in [4.78, 5) is 16.5. The Morgan fingerprint density at radius 1 is 0.958 bits per heavy atom. The van der Waals surface area contributed by atoms with Crippen LogP contribution in [0, 0.1) is 0 Å². The zero-order valence-electron chi connectivity index (χ0n) is 13.4. The molecule has 0 saturated carbocycles. The highest BCUT2D eigenvalue weighted by Crippen LogP contribution is 2.19. The van der Waals surface area contributed by atoms with Crippen LogP contribution in [0.15, 0.2) is 71.8 Å². The minimum absolute atomic E-state index is 0.0584. The van der Waals surface area contributed by atoms with Crippen molar-refractivity contribution in [3.63, 3.8) is 0 Å². The van der Waals surface area contributed by atoms with Crippen molar-refractivity contribution in [1.82, 2.24) is 10.3 Å². The fourth-order valence-electron chi connectivity index (χ4n) is 2.48. The van der Waals surface area contributed by atoms with Gasteiger partial charge in [0.1, 0.15) is 0 Å². The van der Waals surface area contributed by atoms with Crippen molar-refractivity contribution in [2.24, 2.45) is 0 Å². The molecule has 0 unspecified atom stereocenters. The zero-order chi connectivity index (χ0) is 16.6. The van der Waals surface area contributed by atoms with E-state index in [1.165, 1.54) is 17.3 Å². The van der Waals surface area contributed by atoms with Gasteiger partial charge in [-0.25, -0.2) is 4.98 Å². The number of carbonyl (C=O) groups is 1.